The Morgan fingerprint density at radius 2 is 1.59 bits per heavy atom. The zero-order chi connectivity index (χ0) is 20.0. The van der Waals surface area contributed by atoms with Crippen LogP contribution in [0.5, 0.6) is 0 Å². The number of carbonyl (C=O) groups is 3. The monoisotopic (exact) mass is 374 g/mol. The van der Waals surface area contributed by atoms with Crippen molar-refractivity contribution in [2.75, 3.05) is 33.3 Å². The van der Waals surface area contributed by atoms with E-state index in [4.69, 9.17) is 0 Å². The number of amides is 2. The fourth-order valence-corrected chi connectivity index (χ4v) is 3.19. The molecule has 1 saturated heterocycles. The van der Waals surface area contributed by atoms with E-state index in [0.717, 1.165) is 11.1 Å². The van der Waals surface area contributed by atoms with Crippen molar-refractivity contribution in [1.82, 2.24) is 9.80 Å². The normalized spacial score (nSPS) is 14.4. The van der Waals surface area contributed by atoms with Gasteiger partial charge in [-0.3, -0.25) is 14.4 Å². The standard InChI is InChI=1S/C21H30N2O4/c1-15(2)17-6-5-16(3)18(13-17)14-20(25)23-11-9-22(10-12-23)19(24)7-8-21(26)27-4/h5-6,13,15H,7-12,14H2,1-4H3. The fraction of sp³-hybridized carbons (Fsp3) is 0.571. The summed E-state index contributed by atoms with van der Waals surface area (Å²) in [5.74, 6) is 0.0869. The van der Waals surface area contributed by atoms with Gasteiger partial charge in [0.1, 0.15) is 0 Å². The molecule has 0 N–H and O–H groups in total. The number of hydrogen-bond acceptors (Lipinski definition) is 4. The average molecular weight is 374 g/mol. The molecule has 1 aliphatic rings. The minimum Gasteiger partial charge on any atom is -0.469 e. The minimum absolute atomic E-state index is 0.0621. The van der Waals surface area contributed by atoms with E-state index in [9.17, 15) is 14.4 Å². The molecule has 0 unspecified atom stereocenters. The lowest BCUT2D eigenvalue weighted by molar-refractivity contribution is -0.144. The van der Waals surface area contributed by atoms with Gasteiger partial charge in [0, 0.05) is 32.6 Å². The van der Waals surface area contributed by atoms with E-state index in [-0.39, 0.29) is 30.6 Å². The van der Waals surface area contributed by atoms with Gasteiger partial charge in [0.05, 0.1) is 20.0 Å². The number of aryl methyl sites for hydroxylation is 1. The van der Waals surface area contributed by atoms with Crippen molar-refractivity contribution in [3.8, 4) is 0 Å². The van der Waals surface area contributed by atoms with Gasteiger partial charge >= 0.3 is 5.97 Å². The summed E-state index contributed by atoms with van der Waals surface area (Å²) in [6.45, 7) is 8.41. The highest BCUT2D eigenvalue weighted by atomic mass is 16.5. The number of esters is 1. The summed E-state index contributed by atoms with van der Waals surface area (Å²) in [6.07, 6.45) is 0.643. The van der Waals surface area contributed by atoms with Crippen LogP contribution in [0.25, 0.3) is 0 Å². The summed E-state index contributed by atoms with van der Waals surface area (Å²) in [5, 5.41) is 0. The number of nitrogens with zero attached hydrogens (tertiary/aromatic N) is 2. The maximum absolute atomic E-state index is 12.7. The van der Waals surface area contributed by atoms with E-state index in [2.05, 4.69) is 36.8 Å². The largest absolute Gasteiger partial charge is 0.469 e. The molecule has 2 rings (SSSR count). The van der Waals surface area contributed by atoms with Gasteiger partial charge in [-0.1, -0.05) is 32.0 Å². The lowest BCUT2D eigenvalue weighted by Crippen LogP contribution is -2.51. The second-order valence-corrected chi connectivity index (χ2v) is 7.36. The molecule has 1 aromatic rings. The van der Waals surface area contributed by atoms with Crippen LogP contribution in [-0.4, -0.2) is 60.9 Å². The molecule has 1 aromatic carbocycles. The Morgan fingerprint density at radius 1 is 1.00 bits per heavy atom. The predicted molar refractivity (Wildman–Crippen MR) is 103 cm³/mol. The molecular formula is C21H30N2O4. The van der Waals surface area contributed by atoms with Crippen molar-refractivity contribution in [2.24, 2.45) is 0 Å². The molecule has 1 heterocycles. The van der Waals surface area contributed by atoms with Crippen LogP contribution in [-0.2, 0) is 25.5 Å². The summed E-state index contributed by atoms with van der Waals surface area (Å²) < 4.78 is 4.56. The van der Waals surface area contributed by atoms with E-state index in [1.165, 1.54) is 12.7 Å². The van der Waals surface area contributed by atoms with Gasteiger partial charge in [-0.05, 0) is 29.5 Å². The highest BCUT2D eigenvalue weighted by molar-refractivity contribution is 5.82. The third-order valence-electron chi connectivity index (χ3n) is 5.14. The van der Waals surface area contributed by atoms with Gasteiger partial charge in [0.25, 0.3) is 0 Å². The minimum atomic E-state index is -0.379. The average Bonchev–Trinajstić information content (AvgIpc) is 2.67. The molecule has 0 aliphatic carbocycles. The first-order valence-electron chi connectivity index (χ1n) is 9.53. The molecule has 0 atom stereocenters. The third-order valence-corrected chi connectivity index (χ3v) is 5.14. The zero-order valence-electron chi connectivity index (χ0n) is 16.8. The second-order valence-electron chi connectivity index (χ2n) is 7.36. The summed E-state index contributed by atoms with van der Waals surface area (Å²) in [7, 11) is 1.32. The smallest absolute Gasteiger partial charge is 0.306 e. The van der Waals surface area contributed by atoms with Crippen LogP contribution in [0.3, 0.4) is 0 Å². The summed E-state index contributed by atoms with van der Waals surface area (Å²) in [4.78, 5) is 39.5. The van der Waals surface area contributed by atoms with Gasteiger partial charge in [-0.15, -0.1) is 0 Å². The molecule has 6 heteroatoms. The Labute approximate surface area is 161 Å². The Balaban J connectivity index is 1.87. The van der Waals surface area contributed by atoms with Crippen molar-refractivity contribution < 1.29 is 19.1 Å². The molecule has 1 fully saturated rings. The Bertz CT molecular complexity index is 691. The fourth-order valence-electron chi connectivity index (χ4n) is 3.19. The van der Waals surface area contributed by atoms with Crippen LogP contribution in [0, 0.1) is 6.92 Å². The van der Waals surface area contributed by atoms with Crippen LogP contribution >= 0.6 is 0 Å². The maximum atomic E-state index is 12.7. The lowest BCUT2D eigenvalue weighted by Gasteiger charge is -2.35. The van der Waals surface area contributed by atoms with Crippen molar-refractivity contribution in [3.63, 3.8) is 0 Å². The Kier molecular flexibility index (Phi) is 7.39. The number of ether oxygens (including phenoxy) is 1. The Hall–Kier alpha value is -2.37. The topological polar surface area (TPSA) is 66.9 Å². The second kappa shape index (κ2) is 9.53. The molecule has 0 spiro atoms. The highest BCUT2D eigenvalue weighted by Gasteiger charge is 2.24. The summed E-state index contributed by atoms with van der Waals surface area (Å²) in [6, 6.07) is 6.33. The molecule has 0 aromatic heterocycles. The highest BCUT2D eigenvalue weighted by Crippen LogP contribution is 2.20. The van der Waals surface area contributed by atoms with Gasteiger partial charge in [0.15, 0.2) is 0 Å². The van der Waals surface area contributed by atoms with Gasteiger partial charge in [0.2, 0.25) is 11.8 Å². The quantitative estimate of drug-likeness (QED) is 0.717. The predicted octanol–water partition coefficient (Wildman–Crippen LogP) is 2.28. The summed E-state index contributed by atoms with van der Waals surface area (Å²) >= 11 is 0. The molecule has 148 valence electrons. The van der Waals surface area contributed by atoms with Crippen LogP contribution in [0.15, 0.2) is 18.2 Å². The molecular weight excluding hydrogens is 344 g/mol. The van der Waals surface area contributed by atoms with Gasteiger partial charge in [-0.25, -0.2) is 0 Å². The maximum Gasteiger partial charge on any atom is 0.306 e. The van der Waals surface area contributed by atoms with Crippen LogP contribution in [0.4, 0.5) is 0 Å². The first-order valence-corrected chi connectivity index (χ1v) is 9.53. The number of piperazine rings is 1. The SMILES string of the molecule is COC(=O)CCC(=O)N1CCN(C(=O)Cc2cc(C(C)C)ccc2C)CC1. The number of rotatable bonds is 6. The summed E-state index contributed by atoms with van der Waals surface area (Å²) in [5.41, 5.74) is 3.44. The number of carbonyl (C=O) groups excluding carboxylic acids is 3. The molecule has 6 nitrogen and oxygen atoms in total. The van der Waals surface area contributed by atoms with E-state index >= 15 is 0 Å². The first kappa shape index (κ1) is 20.9. The van der Waals surface area contributed by atoms with Crippen LogP contribution in [0.1, 0.15) is 49.3 Å². The Morgan fingerprint density at radius 3 is 2.15 bits per heavy atom. The van der Waals surface area contributed by atoms with Crippen molar-refractivity contribution in [1.29, 1.82) is 0 Å². The molecule has 0 bridgehead atoms. The molecule has 0 saturated carbocycles. The van der Waals surface area contributed by atoms with Gasteiger partial charge in [-0.2, -0.15) is 0 Å². The number of hydrogen-bond donors (Lipinski definition) is 0. The third kappa shape index (κ3) is 5.81. The lowest BCUT2D eigenvalue weighted by atomic mass is 9.96. The molecule has 0 radical (unpaired) electrons. The molecule has 27 heavy (non-hydrogen) atoms. The van der Waals surface area contributed by atoms with Crippen LogP contribution in [0.2, 0.25) is 0 Å². The zero-order valence-corrected chi connectivity index (χ0v) is 16.8. The van der Waals surface area contributed by atoms with E-state index < -0.39 is 0 Å². The van der Waals surface area contributed by atoms with Gasteiger partial charge < -0.3 is 14.5 Å². The van der Waals surface area contributed by atoms with Crippen molar-refractivity contribution in [3.05, 3.63) is 34.9 Å². The van der Waals surface area contributed by atoms with Crippen molar-refractivity contribution in [2.45, 2.75) is 46.0 Å². The van der Waals surface area contributed by atoms with Crippen LogP contribution < -0.4 is 0 Å². The molecule has 1 aliphatic heterocycles. The van der Waals surface area contributed by atoms with Crippen molar-refractivity contribution >= 4 is 17.8 Å². The van der Waals surface area contributed by atoms with E-state index in [1.54, 1.807) is 4.90 Å². The first-order chi connectivity index (χ1) is 12.8. The van der Waals surface area contributed by atoms with E-state index in [0.29, 0.717) is 38.5 Å². The number of methoxy groups -OCH3 is 1. The van der Waals surface area contributed by atoms with E-state index in [1.807, 2.05) is 11.8 Å². The molecule has 2 amide bonds. The number of benzene rings is 1.